The third-order valence-corrected chi connectivity index (χ3v) is 4.65. The van der Waals surface area contributed by atoms with Gasteiger partial charge in [0.2, 0.25) is 0 Å². The molecule has 3 aromatic rings. The molecule has 142 valence electrons. The van der Waals surface area contributed by atoms with Crippen LogP contribution in [0.2, 0.25) is 0 Å². The fourth-order valence-electron chi connectivity index (χ4n) is 2.38. The predicted molar refractivity (Wildman–Crippen MR) is 109 cm³/mol. The van der Waals surface area contributed by atoms with Crippen LogP contribution < -0.4 is 15.4 Å². The summed E-state index contributed by atoms with van der Waals surface area (Å²) in [6.07, 6.45) is 3.31. The quantitative estimate of drug-likeness (QED) is 0.604. The number of hydrogen-bond donors (Lipinski definition) is 2. The van der Waals surface area contributed by atoms with E-state index in [4.69, 9.17) is 4.74 Å². The van der Waals surface area contributed by atoms with Gasteiger partial charge in [0.25, 0.3) is 11.8 Å². The van der Waals surface area contributed by atoms with E-state index in [9.17, 15) is 9.59 Å². The van der Waals surface area contributed by atoms with E-state index in [0.717, 1.165) is 10.6 Å². The zero-order valence-electron chi connectivity index (χ0n) is 15.2. The van der Waals surface area contributed by atoms with Crippen LogP contribution in [0.15, 0.2) is 71.9 Å². The molecule has 1 aromatic carbocycles. The summed E-state index contributed by atoms with van der Waals surface area (Å²) < 4.78 is 5.10. The number of hydrogen-bond acceptors (Lipinski definition) is 5. The lowest BCUT2D eigenvalue weighted by Crippen LogP contribution is -2.34. The van der Waals surface area contributed by atoms with Crippen molar-refractivity contribution in [2.45, 2.75) is 6.54 Å². The lowest BCUT2D eigenvalue weighted by Gasteiger charge is -2.11. The Bertz CT molecular complexity index is 952. The first-order valence-corrected chi connectivity index (χ1v) is 9.42. The van der Waals surface area contributed by atoms with Crippen LogP contribution in [0.5, 0.6) is 5.75 Å². The summed E-state index contributed by atoms with van der Waals surface area (Å²) in [7, 11) is 1.56. The lowest BCUT2D eigenvalue weighted by atomic mass is 10.2. The molecule has 3 rings (SSSR count). The minimum absolute atomic E-state index is 0.166. The predicted octanol–water partition coefficient (Wildman–Crippen LogP) is 3.24. The Balaban J connectivity index is 1.74. The van der Waals surface area contributed by atoms with Crippen molar-refractivity contribution in [3.63, 3.8) is 0 Å². The molecular formula is C21H19N3O3S. The molecule has 0 unspecified atom stereocenters. The Morgan fingerprint density at radius 2 is 1.93 bits per heavy atom. The highest BCUT2D eigenvalue weighted by Gasteiger charge is 2.15. The van der Waals surface area contributed by atoms with E-state index in [-0.39, 0.29) is 24.1 Å². The van der Waals surface area contributed by atoms with Crippen molar-refractivity contribution in [1.29, 1.82) is 0 Å². The second-order valence-electron chi connectivity index (χ2n) is 5.76. The summed E-state index contributed by atoms with van der Waals surface area (Å²) >= 11 is 1.47. The molecule has 0 aliphatic heterocycles. The van der Waals surface area contributed by atoms with E-state index in [1.54, 1.807) is 43.6 Å². The molecule has 0 fully saturated rings. The van der Waals surface area contributed by atoms with Gasteiger partial charge in [0, 0.05) is 16.6 Å². The molecule has 0 radical (unpaired) electrons. The minimum atomic E-state index is -0.388. The number of amides is 2. The zero-order chi connectivity index (χ0) is 19.8. The summed E-state index contributed by atoms with van der Waals surface area (Å²) in [6, 6.07) is 15.9. The van der Waals surface area contributed by atoms with Crippen molar-refractivity contribution < 1.29 is 14.3 Å². The smallest absolute Gasteiger partial charge is 0.268 e. The van der Waals surface area contributed by atoms with Crippen LogP contribution >= 0.6 is 11.3 Å². The van der Waals surface area contributed by atoms with E-state index in [0.29, 0.717) is 11.3 Å². The van der Waals surface area contributed by atoms with Crippen LogP contribution in [0.1, 0.15) is 20.9 Å². The molecule has 0 saturated carbocycles. The number of carbonyl (C=O) groups is 2. The maximum Gasteiger partial charge on any atom is 0.268 e. The second-order valence-corrected chi connectivity index (χ2v) is 6.74. The third-order valence-electron chi connectivity index (χ3n) is 3.83. The normalized spacial score (nSPS) is 11.0. The highest BCUT2D eigenvalue weighted by Crippen LogP contribution is 2.14. The van der Waals surface area contributed by atoms with Gasteiger partial charge in [-0.15, -0.1) is 11.3 Å². The summed E-state index contributed by atoms with van der Waals surface area (Å²) in [5.41, 5.74) is 1.32. The topological polar surface area (TPSA) is 80.3 Å². The summed E-state index contributed by atoms with van der Waals surface area (Å²) in [4.78, 5) is 30.3. The fourth-order valence-corrected chi connectivity index (χ4v) is 3.04. The average Bonchev–Trinajstić information content (AvgIpc) is 3.25. The summed E-state index contributed by atoms with van der Waals surface area (Å²) in [5, 5.41) is 7.39. The third kappa shape index (κ3) is 5.28. The molecule has 6 nitrogen and oxygen atoms in total. The van der Waals surface area contributed by atoms with E-state index < -0.39 is 0 Å². The molecule has 0 saturated heterocycles. The molecule has 0 bridgehead atoms. The van der Waals surface area contributed by atoms with Gasteiger partial charge < -0.3 is 15.4 Å². The van der Waals surface area contributed by atoms with Gasteiger partial charge in [-0.3, -0.25) is 14.6 Å². The second kappa shape index (κ2) is 9.48. The molecule has 0 aliphatic rings. The highest BCUT2D eigenvalue weighted by atomic mass is 32.1. The SMILES string of the molecule is COc1ccc(C(=O)N/C(=C\c2cccs2)C(=O)NCc2ccccn2)cc1. The number of rotatable bonds is 7. The number of carbonyl (C=O) groups excluding carboxylic acids is 2. The van der Waals surface area contributed by atoms with E-state index >= 15 is 0 Å². The number of nitrogens with one attached hydrogen (secondary N) is 2. The molecule has 0 spiro atoms. The van der Waals surface area contributed by atoms with Gasteiger partial charge in [0.1, 0.15) is 11.4 Å². The minimum Gasteiger partial charge on any atom is -0.497 e. The lowest BCUT2D eigenvalue weighted by molar-refractivity contribution is -0.117. The van der Waals surface area contributed by atoms with E-state index in [2.05, 4.69) is 15.6 Å². The number of thiophene rings is 1. The maximum atomic E-state index is 12.7. The maximum absolute atomic E-state index is 12.7. The largest absolute Gasteiger partial charge is 0.497 e. The first-order chi connectivity index (χ1) is 13.7. The Kier molecular flexibility index (Phi) is 6.54. The van der Waals surface area contributed by atoms with Crippen LogP contribution in [-0.2, 0) is 11.3 Å². The van der Waals surface area contributed by atoms with Crippen LogP contribution in [0.25, 0.3) is 6.08 Å². The highest BCUT2D eigenvalue weighted by molar-refractivity contribution is 7.10. The van der Waals surface area contributed by atoms with Crippen molar-refractivity contribution >= 4 is 29.2 Å². The van der Waals surface area contributed by atoms with Crippen molar-refractivity contribution in [2.24, 2.45) is 0 Å². The van der Waals surface area contributed by atoms with Crippen molar-refractivity contribution in [2.75, 3.05) is 7.11 Å². The zero-order valence-corrected chi connectivity index (χ0v) is 16.0. The molecular weight excluding hydrogens is 374 g/mol. The van der Waals surface area contributed by atoms with E-state index in [1.807, 2.05) is 35.7 Å². The van der Waals surface area contributed by atoms with Gasteiger partial charge in [0.15, 0.2) is 0 Å². The molecule has 7 heteroatoms. The molecule has 2 aromatic heterocycles. The molecule has 0 atom stereocenters. The van der Waals surface area contributed by atoms with Gasteiger partial charge >= 0.3 is 0 Å². The first-order valence-electron chi connectivity index (χ1n) is 8.54. The van der Waals surface area contributed by atoms with Crippen molar-refractivity contribution in [3.05, 3.63) is 88.0 Å². The van der Waals surface area contributed by atoms with Crippen molar-refractivity contribution in [3.8, 4) is 5.75 Å². The monoisotopic (exact) mass is 393 g/mol. The van der Waals surface area contributed by atoms with Crippen LogP contribution in [0.3, 0.4) is 0 Å². The molecule has 0 aliphatic carbocycles. The number of benzene rings is 1. The number of ether oxygens (including phenoxy) is 1. The van der Waals surface area contributed by atoms with Gasteiger partial charge in [-0.25, -0.2) is 0 Å². The van der Waals surface area contributed by atoms with Crippen LogP contribution in [0.4, 0.5) is 0 Å². The van der Waals surface area contributed by atoms with E-state index in [1.165, 1.54) is 11.3 Å². The Morgan fingerprint density at radius 1 is 1.11 bits per heavy atom. The summed E-state index contributed by atoms with van der Waals surface area (Å²) in [6.45, 7) is 0.264. The number of pyridine rings is 1. The van der Waals surface area contributed by atoms with Gasteiger partial charge in [0.05, 0.1) is 19.3 Å². The first kappa shape index (κ1) is 19.3. The van der Waals surface area contributed by atoms with Gasteiger partial charge in [-0.05, 0) is 53.9 Å². The molecule has 2 N–H and O–H groups in total. The van der Waals surface area contributed by atoms with Crippen LogP contribution in [-0.4, -0.2) is 23.9 Å². The number of nitrogens with zero attached hydrogens (tertiary/aromatic N) is 1. The fraction of sp³-hybridized carbons (Fsp3) is 0.0952. The molecule has 28 heavy (non-hydrogen) atoms. The average molecular weight is 393 g/mol. The van der Waals surface area contributed by atoms with Gasteiger partial charge in [-0.2, -0.15) is 0 Å². The number of methoxy groups -OCH3 is 1. The summed E-state index contributed by atoms with van der Waals surface area (Å²) in [5.74, 6) is -0.113. The Hall–Kier alpha value is -3.45. The molecule has 2 heterocycles. The van der Waals surface area contributed by atoms with Gasteiger partial charge in [-0.1, -0.05) is 12.1 Å². The standard InChI is InChI=1S/C21H19N3O3S/c1-27-17-9-7-15(8-10-17)20(25)24-19(13-18-6-4-12-28-18)21(26)23-14-16-5-2-3-11-22-16/h2-13H,14H2,1H3,(H,23,26)(H,24,25)/b19-13-. The van der Waals surface area contributed by atoms with Crippen LogP contribution in [0, 0.1) is 0 Å². The number of aromatic nitrogens is 1. The Labute approximate surface area is 166 Å². The van der Waals surface area contributed by atoms with Crippen molar-refractivity contribution in [1.82, 2.24) is 15.6 Å². The Morgan fingerprint density at radius 3 is 2.57 bits per heavy atom. The molecule has 2 amide bonds.